The minimum Gasteiger partial charge on any atom is -0.497 e. The predicted molar refractivity (Wildman–Crippen MR) is 131 cm³/mol. The number of ether oxygens (including phenoxy) is 5. The van der Waals surface area contributed by atoms with E-state index >= 15 is 0 Å². The molecule has 1 aromatic heterocycles. The Hall–Kier alpha value is -4.13. The van der Waals surface area contributed by atoms with Crippen LogP contribution in [-0.2, 0) is 6.54 Å². The molecule has 176 valence electrons. The summed E-state index contributed by atoms with van der Waals surface area (Å²) >= 11 is 0. The summed E-state index contributed by atoms with van der Waals surface area (Å²) in [5, 5.41) is 4.96. The van der Waals surface area contributed by atoms with Crippen LogP contribution in [0.25, 0.3) is 22.5 Å². The van der Waals surface area contributed by atoms with Gasteiger partial charge in [0, 0.05) is 23.3 Å². The average Bonchev–Trinajstić information content (AvgIpc) is 3.30. The van der Waals surface area contributed by atoms with Gasteiger partial charge in [0.15, 0.2) is 0 Å². The van der Waals surface area contributed by atoms with Crippen molar-refractivity contribution < 1.29 is 23.7 Å². The van der Waals surface area contributed by atoms with E-state index in [0.717, 1.165) is 39.6 Å². The van der Waals surface area contributed by atoms with Gasteiger partial charge in [-0.25, -0.2) is 0 Å². The summed E-state index contributed by atoms with van der Waals surface area (Å²) in [6.07, 6.45) is 0. The topological polar surface area (TPSA) is 64.0 Å². The Morgan fingerprint density at radius 1 is 0.618 bits per heavy atom. The van der Waals surface area contributed by atoms with Crippen molar-refractivity contribution in [1.29, 1.82) is 0 Å². The van der Waals surface area contributed by atoms with Crippen molar-refractivity contribution in [3.05, 3.63) is 72.3 Å². The third-order valence-corrected chi connectivity index (χ3v) is 5.62. The molecule has 1 heterocycles. The zero-order valence-electron chi connectivity index (χ0n) is 20.0. The summed E-state index contributed by atoms with van der Waals surface area (Å²) < 4.78 is 29.4. The van der Waals surface area contributed by atoms with Crippen molar-refractivity contribution in [2.45, 2.75) is 6.54 Å². The molecule has 7 heteroatoms. The maximum atomic E-state index is 5.69. The van der Waals surface area contributed by atoms with Crippen LogP contribution < -0.4 is 23.7 Å². The van der Waals surface area contributed by atoms with E-state index < -0.39 is 0 Å². The number of nitrogens with zero attached hydrogens (tertiary/aromatic N) is 2. The van der Waals surface area contributed by atoms with Gasteiger partial charge in [0.25, 0.3) is 0 Å². The molecule has 0 saturated carbocycles. The fourth-order valence-electron chi connectivity index (χ4n) is 3.85. The summed E-state index contributed by atoms with van der Waals surface area (Å²) in [4.78, 5) is 0. The van der Waals surface area contributed by atoms with E-state index in [4.69, 9.17) is 28.8 Å². The van der Waals surface area contributed by atoms with Gasteiger partial charge >= 0.3 is 0 Å². The van der Waals surface area contributed by atoms with Crippen LogP contribution >= 0.6 is 0 Å². The lowest BCUT2D eigenvalue weighted by Gasteiger charge is -2.13. The molecule has 0 bridgehead atoms. The molecule has 0 amide bonds. The molecule has 0 aliphatic heterocycles. The van der Waals surface area contributed by atoms with Gasteiger partial charge in [-0.05, 0) is 48.0 Å². The Bertz CT molecular complexity index is 1280. The highest BCUT2D eigenvalue weighted by Crippen LogP contribution is 2.38. The molecule has 0 radical (unpaired) electrons. The molecule has 0 N–H and O–H groups in total. The van der Waals surface area contributed by atoms with E-state index in [1.807, 2.05) is 71.4 Å². The molecule has 3 aromatic carbocycles. The predicted octanol–water partition coefficient (Wildman–Crippen LogP) is 5.31. The average molecular weight is 461 g/mol. The number of aromatic nitrogens is 2. The van der Waals surface area contributed by atoms with Gasteiger partial charge in [-0.2, -0.15) is 5.10 Å². The molecule has 0 aliphatic carbocycles. The SMILES string of the molecule is COc1cccc(Cn2nc(-c3ccc(OC)cc3OC)cc2-c2ccc(OC)cc2OC)c1. The molecule has 0 atom stereocenters. The van der Waals surface area contributed by atoms with Crippen molar-refractivity contribution in [3.8, 4) is 51.3 Å². The second kappa shape index (κ2) is 10.2. The van der Waals surface area contributed by atoms with Gasteiger partial charge in [0.05, 0.1) is 53.5 Å². The number of rotatable bonds is 9. The third kappa shape index (κ3) is 4.64. The van der Waals surface area contributed by atoms with Crippen molar-refractivity contribution in [2.24, 2.45) is 0 Å². The Kier molecular flexibility index (Phi) is 6.92. The normalized spacial score (nSPS) is 10.6. The standard InChI is InChI=1S/C27H28N2O5/c1-30-19-8-6-7-18(13-19)17-29-25(23-12-10-21(32-3)15-27(23)34-5)16-24(28-29)22-11-9-20(31-2)14-26(22)33-4/h6-16H,17H2,1-5H3. The fraction of sp³-hybridized carbons (Fsp3) is 0.222. The van der Waals surface area contributed by atoms with Crippen LogP contribution in [0.15, 0.2) is 66.7 Å². The van der Waals surface area contributed by atoms with Crippen LogP contribution in [0.3, 0.4) is 0 Å². The van der Waals surface area contributed by atoms with E-state index in [0.29, 0.717) is 23.8 Å². The lowest BCUT2D eigenvalue weighted by molar-refractivity contribution is 0.395. The van der Waals surface area contributed by atoms with Crippen LogP contribution in [0.5, 0.6) is 28.7 Å². The van der Waals surface area contributed by atoms with Crippen molar-refractivity contribution in [2.75, 3.05) is 35.5 Å². The molecule has 4 rings (SSSR count). The van der Waals surface area contributed by atoms with Crippen LogP contribution in [-0.4, -0.2) is 45.3 Å². The zero-order chi connectivity index (χ0) is 24.1. The van der Waals surface area contributed by atoms with E-state index in [2.05, 4.69) is 0 Å². The van der Waals surface area contributed by atoms with Crippen molar-refractivity contribution >= 4 is 0 Å². The first-order chi connectivity index (χ1) is 16.6. The molecule has 0 saturated heterocycles. The smallest absolute Gasteiger partial charge is 0.132 e. The highest BCUT2D eigenvalue weighted by Gasteiger charge is 2.19. The molecule has 0 aliphatic rings. The summed E-state index contributed by atoms with van der Waals surface area (Å²) in [6.45, 7) is 0.542. The molecule has 0 spiro atoms. The van der Waals surface area contributed by atoms with Gasteiger partial charge in [0.2, 0.25) is 0 Å². The Morgan fingerprint density at radius 2 is 1.21 bits per heavy atom. The monoisotopic (exact) mass is 460 g/mol. The Labute approximate surface area is 199 Å². The summed E-state index contributed by atoms with van der Waals surface area (Å²) in [5.41, 5.74) is 4.49. The second-order valence-corrected chi connectivity index (χ2v) is 7.56. The summed E-state index contributed by atoms with van der Waals surface area (Å²) in [5.74, 6) is 3.60. The van der Waals surface area contributed by atoms with Crippen LogP contribution in [0.2, 0.25) is 0 Å². The van der Waals surface area contributed by atoms with E-state index in [1.165, 1.54) is 0 Å². The van der Waals surface area contributed by atoms with Crippen LogP contribution in [0.4, 0.5) is 0 Å². The minimum atomic E-state index is 0.542. The maximum absolute atomic E-state index is 5.69. The van der Waals surface area contributed by atoms with Gasteiger partial charge in [-0.3, -0.25) is 4.68 Å². The van der Waals surface area contributed by atoms with Crippen LogP contribution in [0.1, 0.15) is 5.56 Å². The molecule has 0 fully saturated rings. The fourth-order valence-corrected chi connectivity index (χ4v) is 3.85. The van der Waals surface area contributed by atoms with Gasteiger partial charge in [0.1, 0.15) is 28.7 Å². The molecule has 0 unspecified atom stereocenters. The molecule has 4 aromatic rings. The zero-order valence-corrected chi connectivity index (χ0v) is 20.0. The van der Waals surface area contributed by atoms with E-state index in [1.54, 1.807) is 35.5 Å². The lowest BCUT2D eigenvalue weighted by atomic mass is 10.1. The number of benzene rings is 3. The first-order valence-electron chi connectivity index (χ1n) is 10.8. The first kappa shape index (κ1) is 23.0. The first-order valence-corrected chi connectivity index (χ1v) is 10.8. The molecular weight excluding hydrogens is 432 g/mol. The molecule has 34 heavy (non-hydrogen) atoms. The summed E-state index contributed by atoms with van der Waals surface area (Å²) in [6, 6.07) is 21.4. The highest BCUT2D eigenvalue weighted by atomic mass is 16.5. The van der Waals surface area contributed by atoms with Gasteiger partial charge < -0.3 is 23.7 Å². The molecular formula is C27H28N2O5. The van der Waals surface area contributed by atoms with Gasteiger partial charge in [-0.1, -0.05) is 12.1 Å². The number of hydrogen-bond donors (Lipinski definition) is 0. The van der Waals surface area contributed by atoms with E-state index in [9.17, 15) is 0 Å². The van der Waals surface area contributed by atoms with E-state index in [-0.39, 0.29) is 0 Å². The summed E-state index contributed by atoms with van der Waals surface area (Å²) in [7, 11) is 8.21. The Balaban J connectivity index is 1.87. The van der Waals surface area contributed by atoms with Crippen molar-refractivity contribution in [1.82, 2.24) is 9.78 Å². The second-order valence-electron chi connectivity index (χ2n) is 7.56. The Morgan fingerprint density at radius 3 is 1.82 bits per heavy atom. The van der Waals surface area contributed by atoms with Crippen LogP contribution in [0, 0.1) is 0 Å². The van der Waals surface area contributed by atoms with Crippen molar-refractivity contribution in [3.63, 3.8) is 0 Å². The lowest BCUT2D eigenvalue weighted by Crippen LogP contribution is -2.05. The largest absolute Gasteiger partial charge is 0.497 e. The highest BCUT2D eigenvalue weighted by molar-refractivity contribution is 5.76. The third-order valence-electron chi connectivity index (χ3n) is 5.62. The number of hydrogen-bond acceptors (Lipinski definition) is 6. The van der Waals surface area contributed by atoms with Gasteiger partial charge in [-0.15, -0.1) is 0 Å². The minimum absolute atomic E-state index is 0.542. The molecule has 7 nitrogen and oxygen atoms in total. The maximum Gasteiger partial charge on any atom is 0.132 e. The quantitative estimate of drug-likeness (QED) is 0.337. The number of methoxy groups -OCH3 is 5.